The molecule has 2 atom stereocenters. The van der Waals surface area contributed by atoms with Gasteiger partial charge in [-0.2, -0.15) is 0 Å². The predicted molar refractivity (Wildman–Crippen MR) is 73.1 cm³/mol. The van der Waals surface area contributed by atoms with Crippen LogP contribution >= 0.6 is 0 Å². The minimum Gasteiger partial charge on any atom is -0.378 e. The van der Waals surface area contributed by atoms with E-state index in [1.807, 2.05) is 4.90 Å². The molecule has 0 aromatic carbocycles. The molecule has 5 nitrogen and oxygen atoms in total. The molecule has 19 heavy (non-hydrogen) atoms. The average molecular weight is 267 g/mol. The van der Waals surface area contributed by atoms with Crippen LogP contribution in [0.2, 0.25) is 0 Å². The SMILES string of the molecule is O=C(NCC[C@@]12CCO[C@@H]1CCNC2)N1CCCC1. The maximum atomic E-state index is 11.9. The number of likely N-dealkylation sites (tertiary alicyclic amines) is 1. The Morgan fingerprint density at radius 2 is 2.26 bits per heavy atom. The average Bonchev–Trinajstić information content (AvgIpc) is 3.08. The van der Waals surface area contributed by atoms with Crippen molar-refractivity contribution in [2.24, 2.45) is 5.41 Å². The molecule has 3 fully saturated rings. The molecule has 2 amide bonds. The van der Waals surface area contributed by atoms with Crippen molar-refractivity contribution >= 4 is 6.03 Å². The number of carbonyl (C=O) groups excluding carboxylic acids is 1. The fraction of sp³-hybridized carbons (Fsp3) is 0.929. The zero-order valence-electron chi connectivity index (χ0n) is 11.6. The third-order valence-electron chi connectivity index (χ3n) is 4.95. The van der Waals surface area contributed by atoms with Crippen LogP contribution in [0.15, 0.2) is 0 Å². The highest BCUT2D eigenvalue weighted by Gasteiger charge is 2.45. The highest BCUT2D eigenvalue weighted by Crippen LogP contribution is 2.40. The molecular formula is C14H25N3O2. The number of carbonyl (C=O) groups is 1. The van der Waals surface area contributed by atoms with Crippen LogP contribution in [0.3, 0.4) is 0 Å². The largest absolute Gasteiger partial charge is 0.378 e. The van der Waals surface area contributed by atoms with E-state index >= 15 is 0 Å². The van der Waals surface area contributed by atoms with Crippen molar-refractivity contribution in [1.82, 2.24) is 15.5 Å². The maximum absolute atomic E-state index is 11.9. The van der Waals surface area contributed by atoms with E-state index in [0.717, 1.165) is 71.4 Å². The van der Waals surface area contributed by atoms with Gasteiger partial charge in [0.1, 0.15) is 0 Å². The number of piperidine rings is 1. The van der Waals surface area contributed by atoms with Gasteiger partial charge < -0.3 is 20.3 Å². The molecule has 0 spiro atoms. The summed E-state index contributed by atoms with van der Waals surface area (Å²) in [5.74, 6) is 0. The second-order valence-electron chi connectivity index (χ2n) is 6.11. The van der Waals surface area contributed by atoms with E-state index < -0.39 is 0 Å². The second-order valence-corrected chi connectivity index (χ2v) is 6.11. The van der Waals surface area contributed by atoms with E-state index in [9.17, 15) is 4.79 Å². The van der Waals surface area contributed by atoms with Crippen molar-refractivity contribution in [3.63, 3.8) is 0 Å². The van der Waals surface area contributed by atoms with E-state index in [1.165, 1.54) is 0 Å². The Labute approximate surface area is 115 Å². The number of hydrogen-bond donors (Lipinski definition) is 2. The Balaban J connectivity index is 1.47. The van der Waals surface area contributed by atoms with Gasteiger partial charge in [0, 0.05) is 38.2 Å². The van der Waals surface area contributed by atoms with Crippen LogP contribution < -0.4 is 10.6 Å². The predicted octanol–water partition coefficient (Wildman–Crippen LogP) is 0.950. The number of rotatable bonds is 3. The smallest absolute Gasteiger partial charge is 0.317 e. The molecular weight excluding hydrogens is 242 g/mol. The number of urea groups is 1. The Morgan fingerprint density at radius 1 is 1.42 bits per heavy atom. The first-order valence-corrected chi connectivity index (χ1v) is 7.65. The number of fused-ring (bicyclic) bond motifs is 1. The minimum absolute atomic E-state index is 0.119. The van der Waals surface area contributed by atoms with Crippen molar-refractivity contribution in [3.8, 4) is 0 Å². The summed E-state index contributed by atoms with van der Waals surface area (Å²) < 4.78 is 5.85. The lowest BCUT2D eigenvalue weighted by atomic mass is 9.75. The highest BCUT2D eigenvalue weighted by molar-refractivity contribution is 5.74. The van der Waals surface area contributed by atoms with Crippen molar-refractivity contribution in [2.45, 2.75) is 38.2 Å². The van der Waals surface area contributed by atoms with E-state index in [1.54, 1.807) is 0 Å². The number of nitrogens with zero attached hydrogens (tertiary/aromatic N) is 1. The lowest BCUT2D eigenvalue weighted by Gasteiger charge is -2.38. The van der Waals surface area contributed by atoms with Gasteiger partial charge in [-0.3, -0.25) is 0 Å². The Morgan fingerprint density at radius 3 is 3.11 bits per heavy atom. The molecule has 3 heterocycles. The standard InChI is InChI=1S/C14H25N3O2/c18-13(17-8-1-2-9-17)16-7-4-14-5-10-19-12(14)3-6-15-11-14/h12,15H,1-11H2,(H,16,18)/t12-,14+/m1/s1. The molecule has 0 saturated carbocycles. The fourth-order valence-corrected chi connectivity index (χ4v) is 3.73. The Bertz CT molecular complexity index is 331. The first-order valence-electron chi connectivity index (χ1n) is 7.65. The van der Waals surface area contributed by atoms with Gasteiger partial charge in [0.05, 0.1) is 6.10 Å². The van der Waals surface area contributed by atoms with Crippen LogP contribution in [0.4, 0.5) is 4.79 Å². The molecule has 3 aliphatic heterocycles. The van der Waals surface area contributed by atoms with Crippen LogP contribution in [-0.2, 0) is 4.74 Å². The molecule has 2 N–H and O–H groups in total. The summed E-state index contributed by atoms with van der Waals surface area (Å²) in [6, 6.07) is 0.119. The number of amides is 2. The quantitative estimate of drug-likeness (QED) is 0.800. The summed E-state index contributed by atoms with van der Waals surface area (Å²) in [7, 11) is 0. The molecule has 0 unspecified atom stereocenters. The third kappa shape index (κ3) is 2.72. The Kier molecular flexibility index (Phi) is 3.93. The van der Waals surface area contributed by atoms with Gasteiger partial charge in [-0.25, -0.2) is 4.79 Å². The molecule has 0 radical (unpaired) electrons. The first-order chi connectivity index (χ1) is 9.30. The van der Waals surface area contributed by atoms with E-state index in [4.69, 9.17) is 4.74 Å². The van der Waals surface area contributed by atoms with Crippen molar-refractivity contribution in [2.75, 3.05) is 39.3 Å². The van der Waals surface area contributed by atoms with Gasteiger partial charge in [0.15, 0.2) is 0 Å². The van der Waals surface area contributed by atoms with Crippen LogP contribution in [0.5, 0.6) is 0 Å². The van der Waals surface area contributed by atoms with Gasteiger partial charge in [-0.15, -0.1) is 0 Å². The summed E-state index contributed by atoms with van der Waals surface area (Å²) >= 11 is 0. The minimum atomic E-state index is 0.119. The number of hydrogen-bond acceptors (Lipinski definition) is 3. The molecule has 3 rings (SSSR count). The van der Waals surface area contributed by atoms with Crippen molar-refractivity contribution < 1.29 is 9.53 Å². The van der Waals surface area contributed by atoms with Crippen LogP contribution in [0.1, 0.15) is 32.1 Å². The van der Waals surface area contributed by atoms with E-state index in [-0.39, 0.29) is 11.4 Å². The second kappa shape index (κ2) is 5.67. The van der Waals surface area contributed by atoms with Gasteiger partial charge in [-0.1, -0.05) is 0 Å². The maximum Gasteiger partial charge on any atom is 0.317 e. The lowest BCUT2D eigenvalue weighted by molar-refractivity contribution is 0.0214. The third-order valence-corrected chi connectivity index (χ3v) is 4.95. The van der Waals surface area contributed by atoms with Gasteiger partial charge in [0.2, 0.25) is 0 Å². The Hall–Kier alpha value is -0.810. The van der Waals surface area contributed by atoms with Crippen molar-refractivity contribution in [3.05, 3.63) is 0 Å². The molecule has 0 aromatic heterocycles. The zero-order valence-corrected chi connectivity index (χ0v) is 11.6. The normalized spacial score (nSPS) is 34.3. The molecule has 0 aliphatic carbocycles. The summed E-state index contributed by atoms with van der Waals surface area (Å²) in [5, 5.41) is 6.57. The van der Waals surface area contributed by atoms with E-state index in [0.29, 0.717) is 6.10 Å². The topological polar surface area (TPSA) is 53.6 Å². The fourth-order valence-electron chi connectivity index (χ4n) is 3.73. The summed E-state index contributed by atoms with van der Waals surface area (Å²) in [4.78, 5) is 13.9. The number of ether oxygens (including phenoxy) is 1. The molecule has 3 aliphatic rings. The van der Waals surface area contributed by atoms with E-state index in [2.05, 4.69) is 10.6 Å². The summed E-state index contributed by atoms with van der Waals surface area (Å²) in [6.45, 7) is 5.60. The highest BCUT2D eigenvalue weighted by atomic mass is 16.5. The van der Waals surface area contributed by atoms with Crippen LogP contribution in [0.25, 0.3) is 0 Å². The lowest BCUT2D eigenvalue weighted by Crippen LogP contribution is -2.49. The monoisotopic (exact) mass is 267 g/mol. The summed E-state index contributed by atoms with van der Waals surface area (Å²) in [5.41, 5.74) is 0.260. The molecule has 3 saturated heterocycles. The first kappa shape index (κ1) is 13.2. The zero-order chi connectivity index (χ0) is 13.1. The van der Waals surface area contributed by atoms with Gasteiger partial charge in [0.25, 0.3) is 0 Å². The molecule has 5 heteroatoms. The van der Waals surface area contributed by atoms with Gasteiger partial charge >= 0.3 is 6.03 Å². The summed E-state index contributed by atoms with van der Waals surface area (Å²) in [6.07, 6.45) is 5.97. The molecule has 0 aromatic rings. The van der Waals surface area contributed by atoms with Crippen molar-refractivity contribution in [1.29, 1.82) is 0 Å². The molecule has 0 bridgehead atoms. The van der Waals surface area contributed by atoms with Crippen LogP contribution in [0, 0.1) is 5.41 Å². The van der Waals surface area contributed by atoms with Gasteiger partial charge in [-0.05, 0) is 38.6 Å². The molecule has 108 valence electrons. The van der Waals surface area contributed by atoms with Crippen LogP contribution in [-0.4, -0.2) is 56.4 Å². The number of nitrogens with one attached hydrogen (secondary N) is 2.